The van der Waals surface area contributed by atoms with E-state index in [4.69, 9.17) is 0 Å². The molecule has 0 atom stereocenters. The van der Waals surface area contributed by atoms with Gasteiger partial charge in [-0.2, -0.15) is 0 Å². The molecule has 0 saturated heterocycles. The van der Waals surface area contributed by atoms with Gasteiger partial charge in [0.2, 0.25) is 0 Å². The van der Waals surface area contributed by atoms with Gasteiger partial charge >= 0.3 is 5.97 Å². The van der Waals surface area contributed by atoms with E-state index in [0.717, 1.165) is 6.42 Å². The molecule has 0 aromatic carbocycles. The second-order valence-corrected chi connectivity index (χ2v) is 1.56. The maximum Gasteiger partial charge on any atom is 0.305 e. The van der Waals surface area contributed by atoms with Gasteiger partial charge in [0.15, 0.2) is 0 Å². The molecule has 0 rings (SSSR count). The lowest BCUT2D eigenvalue weighted by molar-refractivity contribution is -0.143. The molecule has 0 fully saturated rings. The minimum Gasteiger partial charge on any atom is -0.466 e. The molecule has 10 heavy (non-hydrogen) atoms. The van der Waals surface area contributed by atoms with E-state index < -0.39 is 0 Å². The van der Waals surface area contributed by atoms with Crippen LogP contribution in [0.15, 0.2) is 13.2 Å². The lowest BCUT2D eigenvalue weighted by atomic mass is 10.3. The smallest absolute Gasteiger partial charge is 0.305 e. The van der Waals surface area contributed by atoms with Crippen LogP contribution < -0.4 is 0 Å². The van der Waals surface area contributed by atoms with Gasteiger partial charge in [0, 0.05) is 6.42 Å². The average molecular weight is 144 g/mol. The number of carbonyl (C=O) groups is 1. The fourth-order valence-electron chi connectivity index (χ4n) is 0.437. The molecule has 0 N–H and O–H groups in total. The molecule has 0 aliphatic carbocycles. The fourth-order valence-corrected chi connectivity index (χ4v) is 0.437. The summed E-state index contributed by atoms with van der Waals surface area (Å²) in [4.78, 5) is 10.4. The molecule has 0 unspecified atom stereocenters. The van der Waals surface area contributed by atoms with Crippen molar-refractivity contribution in [1.82, 2.24) is 0 Å². The van der Waals surface area contributed by atoms with E-state index in [9.17, 15) is 4.79 Å². The summed E-state index contributed by atoms with van der Waals surface area (Å²) in [5, 5.41) is 0. The van der Waals surface area contributed by atoms with Gasteiger partial charge in [-0.3, -0.25) is 4.79 Å². The Morgan fingerprint density at radius 3 is 2.20 bits per heavy atom. The van der Waals surface area contributed by atoms with Crippen molar-refractivity contribution in [1.29, 1.82) is 0 Å². The van der Waals surface area contributed by atoms with Crippen molar-refractivity contribution in [3.8, 4) is 0 Å². The average Bonchev–Trinajstić information content (AvgIpc) is 1.93. The summed E-state index contributed by atoms with van der Waals surface area (Å²) in [6.07, 6.45) is 1.42. The van der Waals surface area contributed by atoms with Gasteiger partial charge in [0.05, 0.1) is 6.61 Å². The topological polar surface area (TPSA) is 26.3 Å². The zero-order valence-corrected chi connectivity index (χ0v) is 6.85. The van der Waals surface area contributed by atoms with Gasteiger partial charge in [0.25, 0.3) is 0 Å². The monoisotopic (exact) mass is 144 g/mol. The molecule has 0 bridgehead atoms. The second-order valence-electron chi connectivity index (χ2n) is 1.56. The molecule has 0 saturated carbocycles. The van der Waals surface area contributed by atoms with E-state index in [1.165, 1.54) is 0 Å². The first kappa shape index (κ1) is 11.9. The number of rotatable bonds is 3. The Hall–Kier alpha value is -0.790. The largest absolute Gasteiger partial charge is 0.466 e. The highest BCUT2D eigenvalue weighted by molar-refractivity contribution is 5.69. The van der Waals surface area contributed by atoms with Crippen molar-refractivity contribution in [3.05, 3.63) is 13.2 Å². The van der Waals surface area contributed by atoms with Crippen LogP contribution in [0.3, 0.4) is 0 Å². The standard InChI is InChI=1S/C6H12O2.C2H4/c1-3-5-6(7)8-4-2;1-2/h3-5H2,1-2H3;1-2H2. The predicted octanol–water partition coefficient (Wildman–Crippen LogP) is 2.15. The van der Waals surface area contributed by atoms with Crippen molar-refractivity contribution in [2.75, 3.05) is 6.61 Å². The maximum atomic E-state index is 10.4. The first-order chi connectivity index (χ1) is 4.81. The van der Waals surface area contributed by atoms with Gasteiger partial charge in [-0.05, 0) is 13.3 Å². The van der Waals surface area contributed by atoms with Crippen LogP contribution in [0.1, 0.15) is 26.7 Å². The Labute approximate surface area is 62.9 Å². The highest BCUT2D eigenvalue weighted by Gasteiger charge is 1.95. The van der Waals surface area contributed by atoms with E-state index in [1.807, 2.05) is 13.8 Å². The lowest BCUT2D eigenvalue weighted by Crippen LogP contribution is -2.01. The highest BCUT2D eigenvalue weighted by atomic mass is 16.5. The third-order valence-corrected chi connectivity index (χ3v) is 0.759. The third-order valence-electron chi connectivity index (χ3n) is 0.759. The number of carbonyl (C=O) groups excluding carboxylic acids is 1. The van der Waals surface area contributed by atoms with Crippen molar-refractivity contribution in [3.63, 3.8) is 0 Å². The lowest BCUT2D eigenvalue weighted by Gasteiger charge is -1.96. The van der Waals surface area contributed by atoms with E-state index in [1.54, 1.807) is 0 Å². The summed E-state index contributed by atoms with van der Waals surface area (Å²) in [7, 11) is 0. The molecule has 0 aromatic heterocycles. The molecule has 0 radical (unpaired) electrons. The number of hydrogen-bond acceptors (Lipinski definition) is 2. The Balaban J connectivity index is 0. The molecule has 0 aliphatic heterocycles. The normalized spacial score (nSPS) is 7.40. The van der Waals surface area contributed by atoms with E-state index >= 15 is 0 Å². The van der Waals surface area contributed by atoms with Crippen molar-refractivity contribution >= 4 is 5.97 Å². The van der Waals surface area contributed by atoms with Crippen LogP contribution in [0.5, 0.6) is 0 Å². The third kappa shape index (κ3) is 10.2. The molecule has 2 heteroatoms. The first-order valence-electron chi connectivity index (χ1n) is 3.46. The van der Waals surface area contributed by atoms with Crippen molar-refractivity contribution in [2.45, 2.75) is 26.7 Å². The van der Waals surface area contributed by atoms with Crippen molar-refractivity contribution in [2.24, 2.45) is 0 Å². The maximum absolute atomic E-state index is 10.4. The van der Waals surface area contributed by atoms with Crippen LogP contribution in [0.4, 0.5) is 0 Å². The molecule has 0 aromatic rings. The summed E-state index contributed by atoms with van der Waals surface area (Å²) in [5.41, 5.74) is 0. The van der Waals surface area contributed by atoms with Crippen LogP contribution in [-0.2, 0) is 9.53 Å². The molecule has 0 amide bonds. The minimum absolute atomic E-state index is 0.0880. The molecule has 60 valence electrons. The van der Waals surface area contributed by atoms with Gasteiger partial charge in [0.1, 0.15) is 0 Å². The molecule has 2 nitrogen and oxygen atoms in total. The summed E-state index contributed by atoms with van der Waals surface area (Å²) in [5.74, 6) is -0.0880. The van der Waals surface area contributed by atoms with Crippen molar-refractivity contribution < 1.29 is 9.53 Å². The molecular weight excluding hydrogens is 128 g/mol. The molecule has 0 spiro atoms. The zero-order valence-electron chi connectivity index (χ0n) is 6.85. The number of hydrogen-bond donors (Lipinski definition) is 0. The van der Waals surface area contributed by atoms with Gasteiger partial charge in [-0.25, -0.2) is 0 Å². The van der Waals surface area contributed by atoms with Gasteiger partial charge in [-0.1, -0.05) is 6.92 Å². The van der Waals surface area contributed by atoms with Crippen LogP contribution in [0, 0.1) is 0 Å². The summed E-state index contributed by atoms with van der Waals surface area (Å²) < 4.78 is 4.64. The zero-order chi connectivity index (χ0) is 8.41. The Bertz CT molecular complexity index is 71.3. The van der Waals surface area contributed by atoms with Crippen LogP contribution in [0.2, 0.25) is 0 Å². The Kier molecular flexibility index (Phi) is 13.2. The summed E-state index contributed by atoms with van der Waals surface area (Å²) in [6, 6.07) is 0. The highest BCUT2D eigenvalue weighted by Crippen LogP contribution is 1.89. The van der Waals surface area contributed by atoms with Crippen LogP contribution in [0.25, 0.3) is 0 Å². The van der Waals surface area contributed by atoms with E-state index in [0.29, 0.717) is 13.0 Å². The van der Waals surface area contributed by atoms with E-state index in [-0.39, 0.29) is 5.97 Å². The number of ether oxygens (including phenoxy) is 1. The quantitative estimate of drug-likeness (QED) is 0.448. The van der Waals surface area contributed by atoms with E-state index in [2.05, 4.69) is 17.9 Å². The Morgan fingerprint density at radius 1 is 1.40 bits per heavy atom. The summed E-state index contributed by atoms with van der Waals surface area (Å²) >= 11 is 0. The summed E-state index contributed by atoms with van der Waals surface area (Å²) in [6.45, 7) is 10.3. The Morgan fingerprint density at radius 2 is 1.90 bits per heavy atom. The number of esters is 1. The minimum atomic E-state index is -0.0880. The molecule has 0 aliphatic rings. The predicted molar refractivity (Wildman–Crippen MR) is 42.8 cm³/mol. The van der Waals surface area contributed by atoms with Gasteiger partial charge in [-0.15, -0.1) is 13.2 Å². The molecular formula is C8H16O2. The molecule has 0 heterocycles. The fraction of sp³-hybridized carbons (Fsp3) is 0.625. The van der Waals surface area contributed by atoms with Gasteiger partial charge < -0.3 is 4.74 Å². The first-order valence-corrected chi connectivity index (χ1v) is 3.46. The van der Waals surface area contributed by atoms with Crippen LogP contribution >= 0.6 is 0 Å². The second kappa shape index (κ2) is 11.1. The van der Waals surface area contributed by atoms with Crippen LogP contribution in [-0.4, -0.2) is 12.6 Å². The SMILES string of the molecule is C=C.CCCC(=O)OCC.